The number of piperazine rings is 1. The molecule has 0 bridgehead atoms. The lowest BCUT2D eigenvalue weighted by atomic mass is 9.71. The van der Waals surface area contributed by atoms with Gasteiger partial charge in [-0.25, -0.2) is 4.39 Å². The lowest BCUT2D eigenvalue weighted by molar-refractivity contribution is -0.0335. The quantitative estimate of drug-likeness (QED) is 0.805. The average molecular weight is 397 g/mol. The molecule has 1 saturated heterocycles. The van der Waals surface area contributed by atoms with Gasteiger partial charge in [0, 0.05) is 38.6 Å². The van der Waals surface area contributed by atoms with Crippen LogP contribution in [0, 0.1) is 5.82 Å². The monoisotopic (exact) mass is 396 g/mol. The Labute approximate surface area is 174 Å². The first-order valence-electron chi connectivity index (χ1n) is 11.0. The Balaban J connectivity index is 1.70. The summed E-state index contributed by atoms with van der Waals surface area (Å²) in [6.45, 7) is 5.11. The van der Waals surface area contributed by atoms with Gasteiger partial charge in [0.25, 0.3) is 0 Å². The summed E-state index contributed by atoms with van der Waals surface area (Å²) in [5.41, 5.74) is 2.66. The first-order chi connectivity index (χ1) is 14.0. The lowest BCUT2D eigenvalue weighted by Gasteiger charge is -2.44. The molecule has 156 valence electrons. The van der Waals surface area contributed by atoms with E-state index in [2.05, 4.69) is 35.0 Å². The molecule has 1 heterocycles. The maximum Gasteiger partial charge on any atom is 0.123 e. The number of aliphatic hydroxyl groups is 1. The third-order valence-electron chi connectivity index (χ3n) is 6.90. The van der Waals surface area contributed by atoms with Gasteiger partial charge in [-0.3, -0.25) is 0 Å². The van der Waals surface area contributed by atoms with Crippen molar-refractivity contribution in [3.63, 3.8) is 0 Å². The van der Waals surface area contributed by atoms with E-state index in [-0.39, 0.29) is 11.7 Å². The fourth-order valence-corrected chi connectivity index (χ4v) is 5.05. The summed E-state index contributed by atoms with van der Waals surface area (Å²) in [6.07, 6.45) is 5.12. The number of rotatable bonds is 5. The molecule has 0 amide bonds. The van der Waals surface area contributed by atoms with Gasteiger partial charge in [-0.05, 0) is 48.7 Å². The van der Waals surface area contributed by atoms with Crippen molar-refractivity contribution in [2.24, 2.45) is 0 Å². The molecular weight excluding hydrogens is 363 g/mol. The van der Waals surface area contributed by atoms with Crippen molar-refractivity contribution in [3.8, 4) is 11.1 Å². The van der Waals surface area contributed by atoms with Gasteiger partial charge < -0.3 is 14.9 Å². The van der Waals surface area contributed by atoms with Crippen LogP contribution < -0.4 is 0 Å². The second kappa shape index (κ2) is 8.95. The number of benzene rings is 2. The minimum atomic E-state index is -0.669. The van der Waals surface area contributed by atoms with Crippen LogP contribution in [0.5, 0.6) is 0 Å². The smallest absolute Gasteiger partial charge is 0.123 e. The third-order valence-corrected chi connectivity index (χ3v) is 6.90. The Morgan fingerprint density at radius 1 is 0.931 bits per heavy atom. The van der Waals surface area contributed by atoms with Crippen molar-refractivity contribution < 1.29 is 9.50 Å². The predicted molar refractivity (Wildman–Crippen MR) is 117 cm³/mol. The summed E-state index contributed by atoms with van der Waals surface area (Å²) in [5.74, 6) is -0.154. The standard InChI is InChI=1S/C25H33FN2O/c1-27-15-17-28(18-16-27)19-24(25(29)13-5-2-6-14-25)23-8-4-3-7-22(23)20-9-11-21(26)12-10-20/h3-4,7-12,24,29H,2,5-6,13-19H2,1H3. The summed E-state index contributed by atoms with van der Waals surface area (Å²) >= 11 is 0. The summed E-state index contributed by atoms with van der Waals surface area (Å²) in [4.78, 5) is 4.88. The highest BCUT2D eigenvalue weighted by atomic mass is 19.1. The maximum absolute atomic E-state index is 13.5. The van der Waals surface area contributed by atoms with Gasteiger partial charge >= 0.3 is 0 Å². The Bertz CT molecular complexity index is 793. The van der Waals surface area contributed by atoms with Gasteiger partial charge in [-0.15, -0.1) is 0 Å². The van der Waals surface area contributed by atoms with Crippen molar-refractivity contribution in [3.05, 3.63) is 59.9 Å². The summed E-state index contributed by atoms with van der Waals surface area (Å²) < 4.78 is 13.5. The van der Waals surface area contributed by atoms with E-state index in [9.17, 15) is 9.50 Å². The Morgan fingerprint density at radius 3 is 2.28 bits per heavy atom. The maximum atomic E-state index is 13.5. The summed E-state index contributed by atoms with van der Waals surface area (Å²) in [5, 5.41) is 11.8. The highest BCUT2D eigenvalue weighted by molar-refractivity contribution is 5.68. The lowest BCUT2D eigenvalue weighted by Crippen LogP contribution is -2.50. The zero-order chi connectivity index (χ0) is 20.3. The van der Waals surface area contributed by atoms with Crippen LogP contribution >= 0.6 is 0 Å². The fraction of sp³-hybridized carbons (Fsp3) is 0.520. The molecular formula is C25H33FN2O. The summed E-state index contributed by atoms with van der Waals surface area (Å²) in [7, 11) is 2.17. The fourth-order valence-electron chi connectivity index (χ4n) is 5.05. The molecule has 1 atom stereocenters. The van der Waals surface area contributed by atoms with Crippen LogP contribution in [-0.2, 0) is 0 Å². The number of nitrogens with zero attached hydrogens (tertiary/aromatic N) is 2. The molecule has 1 aliphatic carbocycles. The van der Waals surface area contributed by atoms with Crippen LogP contribution in [0.4, 0.5) is 4.39 Å². The highest BCUT2D eigenvalue weighted by Crippen LogP contribution is 2.43. The van der Waals surface area contributed by atoms with E-state index in [4.69, 9.17) is 0 Å². The SMILES string of the molecule is CN1CCN(CC(c2ccccc2-c2ccc(F)cc2)C2(O)CCCCC2)CC1. The molecule has 2 aromatic rings. The highest BCUT2D eigenvalue weighted by Gasteiger charge is 2.40. The molecule has 2 aromatic carbocycles. The van der Waals surface area contributed by atoms with Gasteiger partial charge in [-0.2, -0.15) is 0 Å². The first kappa shape index (κ1) is 20.5. The minimum absolute atomic E-state index is 0.0625. The van der Waals surface area contributed by atoms with Crippen LogP contribution in [-0.4, -0.2) is 60.3 Å². The summed E-state index contributed by atoms with van der Waals surface area (Å²) in [6, 6.07) is 15.2. The zero-order valence-corrected chi connectivity index (χ0v) is 17.5. The number of halogens is 1. The van der Waals surface area contributed by atoms with Gasteiger partial charge in [0.2, 0.25) is 0 Å². The molecule has 1 unspecified atom stereocenters. The van der Waals surface area contributed by atoms with Gasteiger partial charge in [0.1, 0.15) is 5.82 Å². The van der Waals surface area contributed by atoms with E-state index >= 15 is 0 Å². The molecule has 1 N–H and O–H groups in total. The van der Waals surface area contributed by atoms with Crippen molar-refractivity contribution in [2.45, 2.75) is 43.6 Å². The number of likely N-dealkylation sites (N-methyl/N-ethyl adjacent to an activating group) is 1. The van der Waals surface area contributed by atoms with Crippen molar-refractivity contribution >= 4 is 0 Å². The Morgan fingerprint density at radius 2 is 1.59 bits per heavy atom. The van der Waals surface area contributed by atoms with Crippen molar-refractivity contribution in [1.29, 1.82) is 0 Å². The molecule has 1 saturated carbocycles. The molecule has 29 heavy (non-hydrogen) atoms. The number of hydrogen-bond donors (Lipinski definition) is 1. The molecule has 0 spiro atoms. The Hall–Kier alpha value is -1.75. The molecule has 2 aliphatic rings. The van der Waals surface area contributed by atoms with Crippen LogP contribution in [0.1, 0.15) is 43.6 Å². The second-order valence-corrected chi connectivity index (χ2v) is 8.91. The Kier molecular flexibility index (Phi) is 6.33. The van der Waals surface area contributed by atoms with Crippen LogP contribution in [0.2, 0.25) is 0 Å². The van der Waals surface area contributed by atoms with E-state index < -0.39 is 5.60 Å². The van der Waals surface area contributed by atoms with E-state index in [1.165, 1.54) is 24.1 Å². The van der Waals surface area contributed by atoms with Crippen molar-refractivity contribution in [1.82, 2.24) is 9.80 Å². The molecule has 4 rings (SSSR count). The van der Waals surface area contributed by atoms with E-state index in [1.807, 2.05) is 18.2 Å². The normalized spacial score (nSPS) is 21.8. The van der Waals surface area contributed by atoms with Crippen molar-refractivity contribution in [2.75, 3.05) is 39.8 Å². The topological polar surface area (TPSA) is 26.7 Å². The first-order valence-corrected chi connectivity index (χ1v) is 11.0. The van der Waals surface area contributed by atoms with Gasteiger partial charge in [0.05, 0.1) is 5.60 Å². The van der Waals surface area contributed by atoms with Gasteiger partial charge in [-0.1, -0.05) is 55.7 Å². The molecule has 1 aliphatic heterocycles. The average Bonchev–Trinajstić information content (AvgIpc) is 2.74. The number of hydrogen-bond acceptors (Lipinski definition) is 3. The molecule has 3 nitrogen and oxygen atoms in total. The molecule has 4 heteroatoms. The predicted octanol–water partition coefficient (Wildman–Crippen LogP) is 4.52. The van der Waals surface area contributed by atoms with E-state index in [1.54, 1.807) is 0 Å². The van der Waals surface area contributed by atoms with Crippen LogP contribution in [0.15, 0.2) is 48.5 Å². The van der Waals surface area contributed by atoms with Crippen LogP contribution in [0.25, 0.3) is 11.1 Å². The third kappa shape index (κ3) is 4.71. The molecule has 0 radical (unpaired) electrons. The van der Waals surface area contributed by atoms with E-state index in [0.29, 0.717) is 0 Å². The minimum Gasteiger partial charge on any atom is -0.389 e. The van der Waals surface area contributed by atoms with E-state index in [0.717, 1.165) is 69.5 Å². The molecule has 2 fully saturated rings. The largest absolute Gasteiger partial charge is 0.389 e. The zero-order valence-electron chi connectivity index (χ0n) is 17.5. The molecule has 0 aromatic heterocycles. The van der Waals surface area contributed by atoms with Gasteiger partial charge in [0.15, 0.2) is 0 Å². The van der Waals surface area contributed by atoms with Crippen LogP contribution in [0.3, 0.4) is 0 Å². The second-order valence-electron chi connectivity index (χ2n) is 8.91.